The maximum atomic E-state index is 13.3. The van der Waals surface area contributed by atoms with E-state index in [1.54, 1.807) is 30.5 Å². The van der Waals surface area contributed by atoms with Crippen LogP contribution in [-0.2, 0) is 11.2 Å². The molecule has 0 radical (unpaired) electrons. The fourth-order valence-corrected chi connectivity index (χ4v) is 3.25. The Kier molecular flexibility index (Phi) is 5.56. The average Bonchev–Trinajstić information content (AvgIpc) is 3.04. The van der Waals surface area contributed by atoms with E-state index in [0.29, 0.717) is 28.4 Å². The molecule has 8 heteroatoms. The van der Waals surface area contributed by atoms with Crippen LogP contribution >= 0.6 is 11.3 Å². The van der Waals surface area contributed by atoms with Gasteiger partial charge < -0.3 is 5.32 Å². The van der Waals surface area contributed by atoms with E-state index in [0.717, 1.165) is 17.0 Å². The van der Waals surface area contributed by atoms with Gasteiger partial charge >= 0.3 is 0 Å². The molecule has 1 heterocycles. The highest BCUT2D eigenvalue weighted by Crippen LogP contribution is 2.23. The number of anilines is 2. The predicted octanol–water partition coefficient (Wildman–Crippen LogP) is 4.22. The molecule has 1 aromatic heterocycles. The first-order chi connectivity index (χ1) is 12.9. The summed E-state index contributed by atoms with van der Waals surface area (Å²) in [5.41, 5.74) is 1.50. The summed E-state index contributed by atoms with van der Waals surface area (Å²) in [5, 5.41) is 5.69. The molecule has 5 nitrogen and oxygen atoms in total. The lowest BCUT2D eigenvalue weighted by Crippen LogP contribution is -2.12. The Morgan fingerprint density at radius 2 is 1.89 bits per heavy atom. The van der Waals surface area contributed by atoms with Gasteiger partial charge in [-0.2, -0.15) is 0 Å². The van der Waals surface area contributed by atoms with Crippen LogP contribution in [0.2, 0.25) is 0 Å². The second-order valence-corrected chi connectivity index (χ2v) is 6.89. The normalized spacial score (nSPS) is 10.5. The quantitative estimate of drug-likeness (QED) is 0.689. The number of hydrogen-bond acceptors (Lipinski definition) is 4. The minimum absolute atomic E-state index is 0.227. The minimum Gasteiger partial charge on any atom is -0.326 e. The topological polar surface area (TPSA) is 71.1 Å². The third-order valence-corrected chi connectivity index (χ3v) is 4.49. The Hall–Kier alpha value is -3.13. The van der Waals surface area contributed by atoms with Gasteiger partial charge in [-0.15, -0.1) is 11.3 Å². The number of hydrogen-bond donors (Lipinski definition) is 2. The summed E-state index contributed by atoms with van der Waals surface area (Å²) in [6.45, 7) is 1.39. The zero-order chi connectivity index (χ0) is 19.4. The maximum absolute atomic E-state index is 13.3. The summed E-state index contributed by atoms with van der Waals surface area (Å²) in [5.74, 6) is -2.38. The maximum Gasteiger partial charge on any atom is 0.257 e. The summed E-state index contributed by atoms with van der Waals surface area (Å²) in [4.78, 5) is 28.4. The van der Waals surface area contributed by atoms with Crippen molar-refractivity contribution in [3.63, 3.8) is 0 Å². The molecule has 0 saturated heterocycles. The molecule has 0 fully saturated rings. The number of carbonyl (C=O) groups is 2. The second kappa shape index (κ2) is 8.05. The van der Waals surface area contributed by atoms with E-state index in [1.807, 2.05) is 0 Å². The number of thiazole rings is 1. The molecule has 0 aliphatic carbocycles. The van der Waals surface area contributed by atoms with Crippen LogP contribution in [0.3, 0.4) is 0 Å². The van der Waals surface area contributed by atoms with Crippen LogP contribution in [0.1, 0.15) is 27.7 Å². The molecule has 0 atom stereocenters. The smallest absolute Gasteiger partial charge is 0.257 e. The molecule has 0 aliphatic rings. The molecule has 2 aromatic carbocycles. The van der Waals surface area contributed by atoms with Crippen LogP contribution in [0.25, 0.3) is 0 Å². The van der Waals surface area contributed by atoms with Crippen molar-refractivity contribution < 1.29 is 18.4 Å². The summed E-state index contributed by atoms with van der Waals surface area (Å²) in [6, 6.07) is 10.3. The van der Waals surface area contributed by atoms with Crippen molar-refractivity contribution in [2.75, 3.05) is 10.6 Å². The molecule has 0 spiro atoms. The Labute approximate surface area is 158 Å². The SMILES string of the molecule is CC(=O)Nc1cccc(C(=O)Nc2ncc(Cc3ccc(F)c(F)c3)s2)c1. The average molecular weight is 387 g/mol. The van der Waals surface area contributed by atoms with Gasteiger partial charge in [0.1, 0.15) is 0 Å². The zero-order valence-electron chi connectivity index (χ0n) is 14.3. The van der Waals surface area contributed by atoms with Crippen molar-refractivity contribution in [3.8, 4) is 0 Å². The largest absolute Gasteiger partial charge is 0.326 e. The molecule has 27 heavy (non-hydrogen) atoms. The molecule has 138 valence electrons. The van der Waals surface area contributed by atoms with E-state index >= 15 is 0 Å². The Bertz CT molecular complexity index is 1000. The van der Waals surface area contributed by atoms with Gasteiger partial charge in [-0.05, 0) is 35.9 Å². The minimum atomic E-state index is -0.899. The number of carbonyl (C=O) groups excluding carboxylic acids is 2. The van der Waals surface area contributed by atoms with E-state index < -0.39 is 11.6 Å². The standard InChI is InChI=1S/C19H15F2N3O2S/c1-11(25)23-14-4-2-3-13(9-14)18(26)24-19-22-10-15(27-19)7-12-5-6-16(20)17(21)8-12/h2-6,8-10H,7H2,1H3,(H,23,25)(H,22,24,26). The first kappa shape index (κ1) is 18.7. The molecule has 0 aliphatic heterocycles. The highest BCUT2D eigenvalue weighted by Gasteiger charge is 2.11. The van der Waals surface area contributed by atoms with Crippen LogP contribution < -0.4 is 10.6 Å². The van der Waals surface area contributed by atoms with Gasteiger partial charge in [0, 0.05) is 35.7 Å². The van der Waals surface area contributed by atoms with Crippen LogP contribution in [0.4, 0.5) is 19.6 Å². The van der Waals surface area contributed by atoms with Crippen molar-refractivity contribution in [1.82, 2.24) is 4.98 Å². The summed E-state index contributed by atoms with van der Waals surface area (Å²) < 4.78 is 26.3. The summed E-state index contributed by atoms with van der Waals surface area (Å²) in [7, 11) is 0. The first-order valence-electron chi connectivity index (χ1n) is 7.98. The van der Waals surface area contributed by atoms with Gasteiger partial charge in [0.15, 0.2) is 16.8 Å². The third kappa shape index (κ3) is 4.95. The molecule has 2 amide bonds. The fraction of sp³-hybridized carbons (Fsp3) is 0.105. The number of halogens is 2. The molecule has 3 aromatic rings. The summed E-state index contributed by atoms with van der Waals surface area (Å²) >= 11 is 1.25. The van der Waals surface area contributed by atoms with E-state index in [9.17, 15) is 18.4 Å². The summed E-state index contributed by atoms with van der Waals surface area (Å²) in [6.07, 6.45) is 1.96. The van der Waals surface area contributed by atoms with Crippen LogP contribution in [0.15, 0.2) is 48.7 Å². The molecular weight excluding hydrogens is 372 g/mol. The number of amides is 2. The predicted molar refractivity (Wildman–Crippen MR) is 100.0 cm³/mol. The number of aromatic nitrogens is 1. The zero-order valence-corrected chi connectivity index (χ0v) is 15.1. The van der Waals surface area contributed by atoms with Crippen molar-refractivity contribution in [2.24, 2.45) is 0 Å². The molecular formula is C19H15F2N3O2S. The lowest BCUT2D eigenvalue weighted by molar-refractivity contribution is -0.114. The van der Waals surface area contributed by atoms with Gasteiger partial charge in [0.2, 0.25) is 5.91 Å². The van der Waals surface area contributed by atoms with Gasteiger partial charge in [0.25, 0.3) is 5.91 Å². The van der Waals surface area contributed by atoms with Crippen molar-refractivity contribution in [2.45, 2.75) is 13.3 Å². The molecule has 0 bridgehead atoms. The van der Waals surface area contributed by atoms with Crippen molar-refractivity contribution in [3.05, 3.63) is 76.3 Å². The fourth-order valence-electron chi connectivity index (χ4n) is 2.41. The third-order valence-electron chi connectivity index (χ3n) is 3.58. The molecule has 0 unspecified atom stereocenters. The van der Waals surface area contributed by atoms with E-state index in [2.05, 4.69) is 15.6 Å². The van der Waals surface area contributed by atoms with Crippen LogP contribution in [0, 0.1) is 11.6 Å². The van der Waals surface area contributed by atoms with Crippen LogP contribution in [-0.4, -0.2) is 16.8 Å². The molecule has 3 rings (SSSR count). The van der Waals surface area contributed by atoms with Gasteiger partial charge in [0.05, 0.1) is 0 Å². The molecule has 0 saturated carbocycles. The van der Waals surface area contributed by atoms with E-state index in [1.165, 1.54) is 24.3 Å². The van der Waals surface area contributed by atoms with Gasteiger partial charge in [-0.1, -0.05) is 12.1 Å². The lowest BCUT2D eigenvalue weighted by Gasteiger charge is -2.05. The van der Waals surface area contributed by atoms with Gasteiger partial charge in [-0.3, -0.25) is 14.9 Å². The number of nitrogens with one attached hydrogen (secondary N) is 2. The van der Waals surface area contributed by atoms with Crippen LogP contribution in [0.5, 0.6) is 0 Å². The Morgan fingerprint density at radius 3 is 2.63 bits per heavy atom. The highest BCUT2D eigenvalue weighted by atomic mass is 32.1. The first-order valence-corrected chi connectivity index (χ1v) is 8.80. The second-order valence-electron chi connectivity index (χ2n) is 5.77. The van der Waals surface area contributed by atoms with E-state index in [-0.39, 0.29) is 11.8 Å². The lowest BCUT2D eigenvalue weighted by atomic mass is 10.1. The monoisotopic (exact) mass is 387 g/mol. The highest BCUT2D eigenvalue weighted by molar-refractivity contribution is 7.15. The number of benzene rings is 2. The number of rotatable bonds is 5. The Balaban J connectivity index is 1.67. The Morgan fingerprint density at radius 1 is 1.07 bits per heavy atom. The van der Waals surface area contributed by atoms with Crippen molar-refractivity contribution >= 4 is 34.0 Å². The van der Waals surface area contributed by atoms with E-state index in [4.69, 9.17) is 0 Å². The van der Waals surface area contributed by atoms with Crippen molar-refractivity contribution in [1.29, 1.82) is 0 Å². The number of nitrogens with zero attached hydrogens (tertiary/aromatic N) is 1. The molecule has 2 N–H and O–H groups in total. The van der Waals surface area contributed by atoms with Gasteiger partial charge in [-0.25, -0.2) is 13.8 Å².